The van der Waals surface area contributed by atoms with Crippen LogP contribution in [-0.2, 0) is 9.53 Å². The molecule has 14 heavy (non-hydrogen) atoms. The summed E-state index contributed by atoms with van der Waals surface area (Å²) < 4.78 is 31.2. The number of ether oxygens (including phenoxy) is 1. The second kappa shape index (κ2) is 4.71. The van der Waals surface area contributed by atoms with Crippen molar-refractivity contribution < 1.29 is 18.3 Å². The standard InChI is InChI=1S/C10H16F2O2/c1-2-14-9(13)7-8-5-3-4-6-10(8,11)12/h8H,2-7H2,1H3/t8-/m0/s1. The summed E-state index contributed by atoms with van der Waals surface area (Å²) in [6, 6.07) is 0. The molecule has 0 heterocycles. The fourth-order valence-electron chi connectivity index (χ4n) is 1.84. The lowest BCUT2D eigenvalue weighted by Crippen LogP contribution is -2.33. The summed E-state index contributed by atoms with van der Waals surface area (Å²) in [7, 11) is 0. The lowest BCUT2D eigenvalue weighted by Gasteiger charge is -2.30. The Hall–Kier alpha value is -0.670. The molecule has 1 saturated carbocycles. The molecule has 1 aliphatic carbocycles. The van der Waals surface area contributed by atoms with E-state index < -0.39 is 17.8 Å². The molecule has 4 heteroatoms. The molecule has 0 unspecified atom stereocenters. The lowest BCUT2D eigenvalue weighted by molar-refractivity contribution is -0.151. The van der Waals surface area contributed by atoms with Crippen LogP contribution in [0.25, 0.3) is 0 Å². The second-order valence-corrected chi connectivity index (χ2v) is 3.71. The van der Waals surface area contributed by atoms with Crippen LogP contribution in [0.5, 0.6) is 0 Å². The van der Waals surface area contributed by atoms with Crippen LogP contribution in [0, 0.1) is 5.92 Å². The molecule has 1 rings (SSSR count). The molecule has 0 N–H and O–H groups in total. The molecular formula is C10H16F2O2. The summed E-state index contributed by atoms with van der Waals surface area (Å²) in [5.74, 6) is -3.99. The van der Waals surface area contributed by atoms with Gasteiger partial charge in [-0.2, -0.15) is 0 Å². The number of hydrogen-bond acceptors (Lipinski definition) is 2. The van der Waals surface area contributed by atoms with Crippen molar-refractivity contribution in [3.63, 3.8) is 0 Å². The Morgan fingerprint density at radius 1 is 1.50 bits per heavy atom. The Kier molecular flexibility index (Phi) is 3.84. The van der Waals surface area contributed by atoms with Crippen LogP contribution in [0.1, 0.15) is 39.0 Å². The third-order valence-corrected chi connectivity index (χ3v) is 2.63. The van der Waals surface area contributed by atoms with Crippen LogP contribution in [0.4, 0.5) is 8.78 Å². The Morgan fingerprint density at radius 2 is 2.21 bits per heavy atom. The van der Waals surface area contributed by atoms with Gasteiger partial charge in [-0.15, -0.1) is 0 Å². The molecule has 0 amide bonds. The number of esters is 1. The predicted molar refractivity (Wildman–Crippen MR) is 48.2 cm³/mol. The van der Waals surface area contributed by atoms with Gasteiger partial charge in [0.15, 0.2) is 0 Å². The highest BCUT2D eigenvalue weighted by atomic mass is 19.3. The van der Waals surface area contributed by atoms with E-state index in [-0.39, 0.29) is 19.4 Å². The van der Waals surface area contributed by atoms with E-state index in [9.17, 15) is 13.6 Å². The zero-order valence-electron chi connectivity index (χ0n) is 8.39. The molecule has 0 aromatic carbocycles. The van der Waals surface area contributed by atoms with Crippen molar-refractivity contribution in [1.29, 1.82) is 0 Å². The smallest absolute Gasteiger partial charge is 0.306 e. The van der Waals surface area contributed by atoms with Gasteiger partial charge in [0.2, 0.25) is 0 Å². The normalized spacial score (nSPS) is 25.8. The average molecular weight is 206 g/mol. The van der Waals surface area contributed by atoms with Crippen LogP contribution in [0.3, 0.4) is 0 Å². The minimum absolute atomic E-state index is 0.0862. The Morgan fingerprint density at radius 3 is 2.79 bits per heavy atom. The van der Waals surface area contributed by atoms with E-state index in [1.807, 2.05) is 0 Å². The van der Waals surface area contributed by atoms with Crippen LogP contribution in [0.15, 0.2) is 0 Å². The summed E-state index contributed by atoms with van der Waals surface area (Å²) in [4.78, 5) is 11.0. The zero-order valence-corrected chi connectivity index (χ0v) is 8.39. The van der Waals surface area contributed by atoms with Crippen molar-refractivity contribution in [2.24, 2.45) is 5.92 Å². The van der Waals surface area contributed by atoms with Crippen molar-refractivity contribution in [3.05, 3.63) is 0 Å². The summed E-state index contributed by atoms with van der Waals surface area (Å²) in [5.41, 5.74) is 0. The molecule has 1 atom stereocenters. The molecular weight excluding hydrogens is 190 g/mol. The van der Waals surface area contributed by atoms with Gasteiger partial charge in [-0.25, -0.2) is 8.78 Å². The Bertz CT molecular complexity index is 204. The number of alkyl halides is 2. The Labute approximate surface area is 82.6 Å². The first-order chi connectivity index (χ1) is 6.56. The number of hydrogen-bond donors (Lipinski definition) is 0. The molecule has 0 aliphatic heterocycles. The summed E-state index contributed by atoms with van der Waals surface area (Å²) in [6.45, 7) is 1.94. The summed E-state index contributed by atoms with van der Waals surface area (Å²) >= 11 is 0. The van der Waals surface area contributed by atoms with Gasteiger partial charge in [0.1, 0.15) is 0 Å². The van der Waals surface area contributed by atoms with Crippen LogP contribution in [0.2, 0.25) is 0 Å². The maximum absolute atomic E-state index is 13.3. The van der Waals surface area contributed by atoms with Gasteiger partial charge in [0.05, 0.1) is 13.0 Å². The first kappa shape index (κ1) is 11.4. The third-order valence-electron chi connectivity index (χ3n) is 2.63. The van der Waals surface area contributed by atoms with Crippen molar-refractivity contribution in [2.75, 3.05) is 6.61 Å². The lowest BCUT2D eigenvalue weighted by atomic mass is 9.83. The van der Waals surface area contributed by atoms with Gasteiger partial charge in [-0.05, 0) is 19.8 Å². The summed E-state index contributed by atoms with van der Waals surface area (Å²) in [6.07, 6.45) is 1.57. The fraction of sp³-hybridized carbons (Fsp3) is 0.900. The highest BCUT2D eigenvalue weighted by Gasteiger charge is 2.42. The van der Waals surface area contributed by atoms with Gasteiger partial charge in [-0.3, -0.25) is 4.79 Å². The highest BCUT2D eigenvalue weighted by molar-refractivity contribution is 5.69. The minimum atomic E-state index is -2.68. The van der Waals surface area contributed by atoms with E-state index in [1.165, 1.54) is 0 Å². The first-order valence-electron chi connectivity index (χ1n) is 5.09. The SMILES string of the molecule is CCOC(=O)C[C@@H]1CCCCC1(F)F. The van der Waals surface area contributed by atoms with E-state index in [1.54, 1.807) is 6.92 Å². The fourth-order valence-corrected chi connectivity index (χ4v) is 1.84. The topological polar surface area (TPSA) is 26.3 Å². The molecule has 0 spiro atoms. The van der Waals surface area contributed by atoms with E-state index in [0.717, 1.165) is 6.42 Å². The number of carbonyl (C=O) groups is 1. The maximum Gasteiger partial charge on any atom is 0.306 e. The first-order valence-corrected chi connectivity index (χ1v) is 5.09. The van der Waals surface area contributed by atoms with Gasteiger partial charge < -0.3 is 4.74 Å². The van der Waals surface area contributed by atoms with Gasteiger partial charge in [-0.1, -0.05) is 6.42 Å². The maximum atomic E-state index is 13.3. The predicted octanol–water partition coefficient (Wildman–Crippen LogP) is 2.77. The molecule has 0 aromatic heterocycles. The average Bonchev–Trinajstić information content (AvgIpc) is 2.09. The third kappa shape index (κ3) is 2.93. The number of halogens is 2. The van der Waals surface area contributed by atoms with Crippen molar-refractivity contribution in [1.82, 2.24) is 0 Å². The quantitative estimate of drug-likeness (QED) is 0.664. The number of rotatable bonds is 3. The van der Waals surface area contributed by atoms with Crippen molar-refractivity contribution in [3.8, 4) is 0 Å². The van der Waals surface area contributed by atoms with Crippen LogP contribution < -0.4 is 0 Å². The van der Waals surface area contributed by atoms with E-state index in [0.29, 0.717) is 12.8 Å². The number of carbonyl (C=O) groups excluding carboxylic acids is 1. The molecule has 0 bridgehead atoms. The van der Waals surface area contributed by atoms with E-state index in [2.05, 4.69) is 4.74 Å². The van der Waals surface area contributed by atoms with Crippen molar-refractivity contribution >= 4 is 5.97 Å². The van der Waals surface area contributed by atoms with Crippen LogP contribution >= 0.6 is 0 Å². The molecule has 0 radical (unpaired) electrons. The molecule has 0 aromatic rings. The van der Waals surface area contributed by atoms with Gasteiger partial charge in [0, 0.05) is 12.3 Å². The molecule has 1 fully saturated rings. The monoisotopic (exact) mass is 206 g/mol. The molecule has 2 nitrogen and oxygen atoms in total. The molecule has 0 saturated heterocycles. The molecule has 82 valence electrons. The zero-order chi connectivity index (χ0) is 10.6. The Balaban J connectivity index is 2.45. The molecule has 1 aliphatic rings. The minimum Gasteiger partial charge on any atom is -0.466 e. The van der Waals surface area contributed by atoms with E-state index >= 15 is 0 Å². The summed E-state index contributed by atoms with van der Waals surface area (Å²) in [5, 5.41) is 0. The van der Waals surface area contributed by atoms with Gasteiger partial charge in [0.25, 0.3) is 5.92 Å². The highest BCUT2D eigenvalue weighted by Crippen LogP contribution is 2.40. The van der Waals surface area contributed by atoms with E-state index in [4.69, 9.17) is 0 Å². The second-order valence-electron chi connectivity index (χ2n) is 3.71. The largest absolute Gasteiger partial charge is 0.466 e. The van der Waals surface area contributed by atoms with Gasteiger partial charge >= 0.3 is 5.97 Å². The van der Waals surface area contributed by atoms with Crippen molar-refractivity contribution in [2.45, 2.75) is 45.0 Å². The van der Waals surface area contributed by atoms with Crippen LogP contribution in [-0.4, -0.2) is 18.5 Å².